The largest absolute Gasteiger partial charge is 0.446 e. The number of carbonyl (C=O) groups is 2. The van der Waals surface area contributed by atoms with Crippen LogP contribution in [0.2, 0.25) is 0 Å². The molecule has 1 aromatic heterocycles. The third kappa shape index (κ3) is 4.10. The molecule has 0 unspecified atom stereocenters. The average molecular weight is 447 g/mol. The number of hydrogen-bond acceptors (Lipinski definition) is 4. The summed E-state index contributed by atoms with van der Waals surface area (Å²) in [6.45, 7) is 2.12. The van der Waals surface area contributed by atoms with Gasteiger partial charge in [-0.25, -0.2) is 14.1 Å². The van der Waals surface area contributed by atoms with Gasteiger partial charge in [-0.15, -0.1) is 0 Å². The Balaban J connectivity index is 1.29. The van der Waals surface area contributed by atoms with Gasteiger partial charge < -0.3 is 4.74 Å². The second kappa shape index (κ2) is 8.93. The standard InChI is InChI=1S/C27H27FN2O3/c1-17(26(31)30-25(16-33-27(30)32)20-5-3-2-4-6-20)18-7-9-19(10-8-18)22-13-14-29-24-12-11-21(28)15-23(22)24/h2-6,11-15,17-19,25H,7-10,16H2,1H3/t17-,18?,19?,25+/m0/s1. The lowest BCUT2D eigenvalue weighted by molar-refractivity contribution is -0.135. The summed E-state index contributed by atoms with van der Waals surface area (Å²) in [6.07, 6.45) is 4.84. The Labute approximate surface area is 192 Å². The van der Waals surface area contributed by atoms with Crippen molar-refractivity contribution in [1.82, 2.24) is 9.88 Å². The Kier molecular flexibility index (Phi) is 5.83. The van der Waals surface area contributed by atoms with Crippen LogP contribution in [0.25, 0.3) is 10.9 Å². The monoisotopic (exact) mass is 446 g/mol. The highest BCUT2D eigenvalue weighted by molar-refractivity contribution is 5.95. The van der Waals surface area contributed by atoms with Crippen LogP contribution in [-0.4, -0.2) is 28.5 Å². The molecule has 1 saturated heterocycles. The van der Waals surface area contributed by atoms with Crippen LogP contribution >= 0.6 is 0 Å². The van der Waals surface area contributed by atoms with E-state index in [0.29, 0.717) is 5.92 Å². The summed E-state index contributed by atoms with van der Waals surface area (Å²) in [4.78, 5) is 31.5. The topological polar surface area (TPSA) is 59.5 Å². The van der Waals surface area contributed by atoms with Crippen molar-refractivity contribution in [3.05, 3.63) is 77.7 Å². The zero-order chi connectivity index (χ0) is 22.9. The molecule has 0 N–H and O–H groups in total. The zero-order valence-corrected chi connectivity index (χ0v) is 18.6. The van der Waals surface area contributed by atoms with Crippen molar-refractivity contribution < 1.29 is 18.7 Å². The molecular weight excluding hydrogens is 419 g/mol. The molecule has 2 fully saturated rings. The Morgan fingerprint density at radius 1 is 1.09 bits per heavy atom. The molecule has 3 aromatic rings. The number of aromatic nitrogens is 1. The fourth-order valence-corrected chi connectivity index (χ4v) is 5.43. The van der Waals surface area contributed by atoms with Gasteiger partial charge in [-0.1, -0.05) is 37.3 Å². The van der Waals surface area contributed by atoms with Crippen molar-refractivity contribution >= 4 is 22.9 Å². The van der Waals surface area contributed by atoms with Gasteiger partial charge in [0.15, 0.2) is 0 Å². The lowest BCUT2D eigenvalue weighted by atomic mass is 9.73. The number of fused-ring (bicyclic) bond motifs is 1. The normalized spacial score (nSPS) is 24.0. The molecule has 1 saturated carbocycles. The molecule has 6 heteroatoms. The summed E-state index contributed by atoms with van der Waals surface area (Å²) in [5, 5.41) is 0.871. The van der Waals surface area contributed by atoms with Crippen LogP contribution in [0.3, 0.4) is 0 Å². The minimum atomic E-state index is -0.556. The number of carbonyl (C=O) groups excluding carboxylic acids is 2. The lowest BCUT2D eigenvalue weighted by Crippen LogP contribution is -2.40. The quantitative estimate of drug-likeness (QED) is 0.493. The van der Waals surface area contributed by atoms with Gasteiger partial charge in [0, 0.05) is 17.5 Å². The fourth-order valence-electron chi connectivity index (χ4n) is 5.43. The van der Waals surface area contributed by atoms with Gasteiger partial charge >= 0.3 is 6.09 Å². The molecule has 5 rings (SSSR count). The number of hydrogen-bond donors (Lipinski definition) is 0. The van der Waals surface area contributed by atoms with Gasteiger partial charge in [0.25, 0.3) is 0 Å². The number of ether oxygens (including phenoxy) is 1. The van der Waals surface area contributed by atoms with Crippen molar-refractivity contribution in [2.75, 3.05) is 6.61 Å². The number of halogens is 1. The number of pyridine rings is 1. The van der Waals surface area contributed by atoms with E-state index in [1.807, 2.05) is 43.3 Å². The van der Waals surface area contributed by atoms with Crippen LogP contribution in [0.5, 0.6) is 0 Å². The zero-order valence-electron chi connectivity index (χ0n) is 18.6. The first kappa shape index (κ1) is 21.6. The Hall–Kier alpha value is -3.28. The Morgan fingerprint density at radius 2 is 1.85 bits per heavy atom. The second-order valence-electron chi connectivity index (χ2n) is 9.17. The highest BCUT2D eigenvalue weighted by Gasteiger charge is 2.42. The molecule has 0 bridgehead atoms. The van der Waals surface area contributed by atoms with E-state index in [1.165, 1.54) is 11.0 Å². The molecule has 0 radical (unpaired) electrons. The molecule has 5 nitrogen and oxygen atoms in total. The summed E-state index contributed by atoms with van der Waals surface area (Å²) >= 11 is 0. The van der Waals surface area contributed by atoms with Crippen molar-refractivity contribution in [3.63, 3.8) is 0 Å². The minimum absolute atomic E-state index is 0.161. The molecule has 2 aliphatic rings. The molecule has 0 spiro atoms. The first-order valence-electron chi connectivity index (χ1n) is 11.6. The van der Waals surface area contributed by atoms with Gasteiger partial charge in [0.05, 0.1) is 5.52 Å². The van der Waals surface area contributed by atoms with E-state index in [1.54, 1.807) is 18.3 Å². The highest BCUT2D eigenvalue weighted by atomic mass is 19.1. The molecule has 2 heterocycles. The van der Waals surface area contributed by atoms with Gasteiger partial charge in [-0.2, -0.15) is 0 Å². The Bertz CT molecular complexity index is 1170. The van der Waals surface area contributed by atoms with Crippen LogP contribution in [0.4, 0.5) is 9.18 Å². The van der Waals surface area contributed by atoms with Crippen LogP contribution in [0.15, 0.2) is 60.8 Å². The maximum absolute atomic E-state index is 13.9. The van der Waals surface area contributed by atoms with Gasteiger partial charge in [-0.05, 0) is 72.9 Å². The van der Waals surface area contributed by atoms with Crippen molar-refractivity contribution in [1.29, 1.82) is 0 Å². The SMILES string of the molecule is C[C@H](C(=O)N1C(=O)OC[C@@H]1c1ccccc1)C1CCC(c2ccnc3ccc(F)cc23)CC1. The van der Waals surface area contributed by atoms with E-state index in [4.69, 9.17) is 4.74 Å². The maximum Gasteiger partial charge on any atom is 0.417 e. The summed E-state index contributed by atoms with van der Waals surface area (Å²) in [5.41, 5.74) is 2.84. The van der Waals surface area contributed by atoms with Crippen molar-refractivity contribution in [2.24, 2.45) is 11.8 Å². The summed E-state index contributed by atoms with van der Waals surface area (Å²) in [6, 6.07) is 15.9. The number of imide groups is 1. The number of amides is 2. The van der Waals surface area contributed by atoms with Gasteiger partial charge in [0.2, 0.25) is 5.91 Å². The molecule has 170 valence electrons. The van der Waals surface area contributed by atoms with Gasteiger partial charge in [-0.3, -0.25) is 9.78 Å². The molecule has 1 aliphatic carbocycles. The van der Waals surface area contributed by atoms with Gasteiger partial charge in [0.1, 0.15) is 18.5 Å². The highest BCUT2D eigenvalue weighted by Crippen LogP contribution is 2.42. The Morgan fingerprint density at radius 3 is 2.61 bits per heavy atom. The van der Waals surface area contributed by atoms with E-state index >= 15 is 0 Å². The first-order chi connectivity index (χ1) is 16.0. The molecule has 2 amide bonds. The van der Waals surface area contributed by atoms with Crippen LogP contribution < -0.4 is 0 Å². The van der Waals surface area contributed by atoms with E-state index in [-0.39, 0.29) is 36.2 Å². The fraction of sp³-hybridized carbons (Fsp3) is 0.370. The molecule has 1 aliphatic heterocycles. The minimum Gasteiger partial charge on any atom is -0.446 e. The molecular formula is C27H27FN2O3. The number of nitrogens with zero attached hydrogens (tertiary/aromatic N) is 2. The summed E-state index contributed by atoms with van der Waals surface area (Å²) in [7, 11) is 0. The summed E-state index contributed by atoms with van der Waals surface area (Å²) in [5.74, 6) is -0.177. The lowest BCUT2D eigenvalue weighted by Gasteiger charge is -2.34. The third-order valence-corrected chi connectivity index (χ3v) is 7.34. The number of benzene rings is 2. The predicted octanol–water partition coefficient (Wildman–Crippen LogP) is 6.00. The first-order valence-corrected chi connectivity index (χ1v) is 11.6. The smallest absolute Gasteiger partial charge is 0.417 e. The predicted molar refractivity (Wildman–Crippen MR) is 123 cm³/mol. The van der Waals surface area contributed by atoms with E-state index in [0.717, 1.165) is 47.7 Å². The van der Waals surface area contributed by atoms with E-state index in [9.17, 15) is 14.0 Å². The van der Waals surface area contributed by atoms with Crippen molar-refractivity contribution in [3.8, 4) is 0 Å². The average Bonchev–Trinajstić information content (AvgIpc) is 3.24. The van der Waals surface area contributed by atoms with Crippen LogP contribution in [0, 0.1) is 17.7 Å². The van der Waals surface area contributed by atoms with E-state index in [2.05, 4.69) is 4.98 Å². The van der Waals surface area contributed by atoms with E-state index < -0.39 is 6.09 Å². The molecule has 2 atom stereocenters. The third-order valence-electron chi connectivity index (χ3n) is 7.34. The summed E-state index contributed by atoms with van der Waals surface area (Å²) < 4.78 is 19.1. The van der Waals surface area contributed by atoms with Crippen molar-refractivity contribution in [2.45, 2.75) is 44.6 Å². The molecule has 33 heavy (non-hydrogen) atoms. The number of cyclic esters (lactones) is 1. The molecule has 2 aromatic carbocycles. The maximum atomic E-state index is 13.9. The second-order valence-corrected chi connectivity index (χ2v) is 9.17. The van der Waals surface area contributed by atoms with Crippen LogP contribution in [0.1, 0.15) is 55.7 Å². The van der Waals surface area contributed by atoms with Crippen LogP contribution in [-0.2, 0) is 9.53 Å². The number of rotatable bonds is 4.